The summed E-state index contributed by atoms with van der Waals surface area (Å²) in [5.74, 6) is -0.446. The van der Waals surface area contributed by atoms with Gasteiger partial charge in [-0.2, -0.15) is 0 Å². The number of nitrogens with one attached hydrogen (secondary N) is 1. The van der Waals surface area contributed by atoms with Crippen molar-refractivity contribution < 1.29 is 9.18 Å². The van der Waals surface area contributed by atoms with E-state index in [4.69, 9.17) is 0 Å². The fraction of sp³-hybridized carbons (Fsp3) is 0. The van der Waals surface area contributed by atoms with E-state index < -0.39 is 0 Å². The van der Waals surface area contributed by atoms with Gasteiger partial charge in [0.15, 0.2) is 5.78 Å². The summed E-state index contributed by atoms with van der Waals surface area (Å²) in [4.78, 5) is 15.3. The van der Waals surface area contributed by atoms with Gasteiger partial charge in [-0.15, -0.1) is 0 Å². The first-order valence-corrected chi connectivity index (χ1v) is 5.62. The van der Waals surface area contributed by atoms with E-state index in [0.717, 1.165) is 10.9 Å². The van der Waals surface area contributed by atoms with Crippen molar-refractivity contribution in [3.63, 3.8) is 0 Å². The minimum absolute atomic E-state index is 0.104. The molecule has 3 aromatic rings. The number of halogens is 1. The first-order valence-electron chi connectivity index (χ1n) is 5.62. The van der Waals surface area contributed by atoms with Crippen molar-refractivity contribution in [3.05, 3.63) is 71.7 Å². The lowest BCUT2D eigenvalue weighted by molar-refractivity contribution is 0.104. The molecule has 1 heterocycles. The number of hydrogen-bond acceptors (Lipinski definition) is 1. The molecule has 88 valence electrons. The summed E-state index contributed by atoms with van der Waals surface area (Å²) in [6.45, 7) is 0. The fourth-order valence-corrected chi connectivity index (χ4v) is 2.02. The van der Waals surface area contributed by atoms with E-state index in [1.54, 1.807) is 6.20 Å². The molecule has 1 N–H and O–H groups in total. The molecule has 0 radical (unpaired) electrons. The van der Waals surface area contributed by atoms with Crippen molar-refractivity contribution in [2.45, 2.75) is 0 Å². The van der Waals surface area contributed by atoms with Crippen LogP contribution in [0.25, 0.3) is 10.9 Å². The number of carbonyl (C=O) groups is 1. The Morgan fingerprint density at radius 3 is 2.50 bits per heavy atom. The van der Waals surface area contributed by atoms with Crippen LogP contribution in [-0.4, -0.2) is 10.8 Å². The highest BCUT2D eigenvalue weighted by Gasteiger charge is 2.13. The van der Waals surface area contributed by atoms with Gasteiger partial charge in [0.1, 0.15) is 5.82 Å². The van der Waals surface area contributed by atoms with Gasteiger partial charge in [-0.3, -0.25) is 4.79 Å². The summed E-state index contributed by atoms with van der Waals surface area (Å²) in [7, 11) is 0. The van der Waals surface area contributed by atoms with E-state index >= 15 is 0 Å². The van der Waals surface area contributed by atoms with Crippen molar-refractivity contribution in [2.75, 3.05) is 0 Å². The molecular formula is C15H10FNO. The number of benzene rings is 2. The molecule has 0 bridgehead atoms. The van der Waals surface area contributed by atoms with Crippen LogP contribution in [0.2, 0.25) is 0 Å². The zero-order valence-corrected chi connectivity index (χ0v) is 9.48. The quantitative estimate of drug-likeness (QED) is 0.682. The van der Waals surface area contributed by atoms with Crippen LogP contribution in [0.1, 0.15) is 15.9 Å². The van der Waals surface area contributed by atoms with Gasteiger partial charge in [-0.25, -0.2) is 4.39 Å². The Hall–Kier alpha value is -2.42. The van der Waals surface area contributed by atoms with E-state index in [1.165, 1.54) is 24.3 Å². The van der Waals surface area contributed by atoms with Gasteiger partial charge in [-0.05, 0) is 30.3 Å². The average molecular weight is 239 g/mol. The summed E-state index contributed by atoms with van der Waals surface area (Å²) in [5, 5.41) is 0.881. The van der Waals surface area contributed by atoms with Gasteiger partial charge >= 0.3 is 0 Å². The van der Waals surface area contributed by atoms with E-state index in [2.05, 4.69) is 4.98 Å². The van der Waals surface area contributed by atoms with Crippen LogP contribution in [0.4, 0.5) is 4.39 Å². The molecule has 0 aliphatic rings. The highest BCUT2D eigenvalue weighted by Crippen LogP contribution is 2.20. The zero-order valence-electron chi connectivity index (χ0n) is 9.48. The van der Waals surface area contributed by atoms with Crippen molar-refractivity contribution in [1.82, 2.24) is 4.98 Å². The molecule has 0 unspecified atom stereocenters. The minimum Gasteiger partial charge on any atom is -0.360 e. The maximum absolute atomic E-state index is 12.8. The molecule has 0 saturated carbocycles. The smallest absolute Gasteiger partial charge is 0.195 e. The number of ketones is 1. The molecule has 1 aromatic heterocycles. The average Bonchev–Trinajstić information content (AvgIpc) is 2.82. The lowest BCUT2D eigenvalue weighted by atomic mass is 10.0. The zero-order chi connectivity index (χ0) is 12.5. The van der Waals surface area contributed by atoms with Crippen LogP contribution in [0.3, 0.4) is 0 Å². The molecular weight excluding hydrogens is 229 g/mol. The molecule has 18 heavy (non-hydrogen) atoms. The molecule has 0 aliphatic heterocycles. The lowest BCUT2D eigenvalue weighted by Gasteiger charge is -1.99. The maximum atomic E-state index is 12.8. The maximum Gasteiger partial charge on any atom is 0.195 e. The van der Waals surface area contributed by atoms with Crippen molar-refractivity contribution in [2.24, 2.45) is 0 Å². The highest BCUT2D eigenvalue weighted by atomic mass is 19.1. The summed E-state index contributed by atoms with van der Waals surface area (Å²) >= 11 is 0. The van der Waals surface area contributed by atoms with E-state index in [-0.39, 0.29) is 11.6 Å². The standard InChI is InChI=1S/C15H10FNO/c16-11-7-5-10(6-8-11)15(18)13-9-17-14-4-2-1-3-12(13)14/h1-9,17H. The monoisotopic (exact) mass is 239 g/mol. The van der Waals surface area contributed by atoms with Crippen LogP contribution in [0.15, 0.2) is 54.7 Å². The van der Waals surface area contributed by atoms with Gasteiger partial charge < -0.3 is 4.98 Å². The third-order valence-electron chi connectivity index (χ3n) is 2.94. The SMILES string of the molecule is O=C(c1ccc(F)cc1)c1c[nH]c2ccccc12. The largest absolute Gasteiger partial charge is 0.360 e. The third kappa shape index (κ3) is 1.70. The number of fused-ring (bicyclic) bond motifs is 1. The molecule has 0 spiro atoms. The number of para-hydroxylation sites is 1. The summed E-state index contributed by atoms with van der Waals surface area (Å²) in [6.07, 6.45) is 1.69. The Balaban J connectivity index is 2.09. The van der Waals surface area contributed by atoms with Crippen LogP contribution in [-0.2, 0) is 0 Å². The molecule has 0 saturated heterocycles. The highest BCUT2D eigenvalue weighted by molar-refractivity contribution is 6.16. The van der Waals surface area contributed by atoms with E-state index in [9.17, 15) is 9.18 Å². The van der Waals surface area contributed by atoms with Gasteiger partial charge in [0.05, 0.1) is 0 Å². The van der Waals surface area contributed by atoms with E-state index in [0.29, 0.717) is 11.1 Å². The van der Waals surface area contributed by atoms with Crippen molar-refractivity contribution >= 4 is 16.7 Å². The summed E-state index contributed by atoms with van der Waals surface area (Å²) in [5.41, 5.74) is 2.02. The van der Waals surface area contributed by atoms with Gasteiger partial charge in [-0.1, -0.05) is 18.2 Å². The number of H-pyrrole nitrogens is 1. The Bertz CT molecular complexity index is 713. The predicted molar refractivity (Wildman–Crippen MR) is 68.1 cm³/mol. The topological polar surface area (TPSA) is 32.9 Å². The second kappa shape index (κ2) is 4.11. The van der Waals surface area contributed by atoms with Crippen LogP contribution in [0, 0.1) is 5.82 Å². The molecule has 0 atom stereocenters. The second-order valence-corrected chi connectivity index (χ2v) is 4.08. The number of carbonyl (C=O) groups excluding carboxylic acids is 1. The molecule has 0 aliphatic carbocycles. The van der Waals surface area contributed by atoms with Gasteiger partial charge in [0, 0.05) is 28.2 Å². The Labute approximate surface area is 103 Å². The molecule has 3 heteroatoms. The molecule has 2 nitrogen and oxygen atoms in total. The van der Waals surface area contributed by atoms with E-state index in [1.807, 2.05) is 24.3 Å². The fourth-order valence-electron chi connectivity index (χ4n) is 2.02. The normalized spacial score (nSPS) is 10.7. The lowest BCUT2D eigenvalue weighted by Crippen LogP contribution is -2.00. The minimum atomic E-state index is -0.342. The van der Waals surface area contributed by atoms with Crippen molar-refractivity contribution in [3.8, 4) is 0 Å². The summed E-state index contributed by atoms with van der Waals surface area (Å²) < 4.78 is 12.8. The number of rotatable bonds is 2. The number of aromatic amines is 1. The molecule has 3 rings (SSSR count). The molecule has 2 aromatic carbocycles. The van der Waals surface area contributed by atoms with Gasteiger partial charge in [0.2, 0.25) is 0 Å². The van der Waals surface area contributed by atoms with Crippen molar-refractivity contribution in [1.29, 1.82) is 0 Å². The summed E-state index contributed by atoms with van der Waals surface area (Å²) in [6, 6.07) is 13.2. The molecule has 0 fully saturated rings. The Kier molecular flexibility index (Phi) is 2.45. The van der Waals surface area contributed by atoms with Crippen LogP contribution in [0.5, 0.6) is 0 Å². The first-order chi connectivity index (χ1) is 8.75. The molecule has 0 amide bonds. The van der Waals surface area contributed by atoms with Crippen LogP contribution >= 0.6 is 0 Å². The number of hydrogen-bond donors (Lipinski definition) is 1. The second-order valence-electron chi connectivity index (χ2n) is 4.08. The Morgan fingerprint density at radius 2 is 1.72 bits per heavy atom. The Morgan fingerprint density at radius 1 is 1.00 bits per heavy atom. The number of aromatic nitrogens is 1. The first kappa shape index (κ1) is 10.7. The third-order valence-corrected chi connectivity index (χ3v) is 2.94. The van der Waals surface area contributed by atoms with Gasteiger partial charge in [0.25, 0.3) is 0 Å². The predicted octanol–water partition coefficient (Wildman–Crippen LogP) is 3.54. The van der Waals surface area contributed by atoms with Crippen LogP contribution < -0.4 is 0 Å².